The molecule has 1 aliphatic rings. The Kier molecular flexibility index (Phi) is 6.60. The van der Waals surface area contributed by atoms with Gasteiger partial charge in [0.15, 0.2) is 0 Å². The van der Waals surface area contributed by atoms with Gasteiger partial charge in [0.25, 0.3) is 5.91 Å². The zero-order chi connectivity index (χ0) is 21.8. The summed E-state index contributed by atoms with van der Waals surface area (Å²) in [5.41, 5.74) is 3.83. The molecular weight excluding hydrogens is 376 g/mol. The molecule has 0 aliphatic carbocycles. The Morgan fingerprint density at radius 1 is 1.03 bits per heavy atom. The molecule has 2 aromatic carbocycles. The smallest absolute Gasteiger partial charge is 0.414 e. The van der Waals surface area contributed by atoms with Crippen molar-refractivity contribution in [3.8, 4) is 11.1 Å². The van der Waals surface area contributed by atoms with E-state index in [-0.39, 0.29) is 18.1 Å². The summed E-state index contributed by atoms with van der Waals surface area (Å²) in [7, 11) is 0. The lowest BCUT2D eigenvalue weighted by Gasteiger charge is -2.29. The minimum Gasteiger partial charge on any atom is -0.465 e. The Balaban J connectivity index is 1.81. The normalized spacial score (nSPS) is 17.9. The highest BCUT2D eigenvalue weighted by atomic mass is 16.4. The van der Waals surface area contributed by atoms with Crippen molar-refractivity contribution in [1.29, 1.82) is 0 Å². The molecule has 1 N–H and O–H groups in total. The first-order valence-electron chi connectivity index (χ1n) is 10.5. The summed E-state index contributed by atoms with van der Waals surface area (Å²) in [6.07, 6.45) is 1.61. The number of rotatable bonds is 6. The first-order chi connectivity index (χ1) is 14.3. The van der Waals surface area contributed by atoms with E-state index in [4.69, 9.17) is 0 Å². The molecule has 2 amide bonds. The number of benzene rings is 2. The molecule has 5 nitrogen and oxygen atoms in total. The van der Waals surface area contributed by atoms with E-state index < -0.39 is 12.0 Å². The molecule has 1 aliphatic heterocycles. The zero-order valence-corrected chi connectivity index (χ0v) is 18.1. The molecule has 1 atom stereocenters. The highest BCUT2D eigenvalue weighted by molar-refractivity contribution is 6.04. The highest BCUT2D eigenvalue weighted by Gasteiger charge is 2.40. The lowest BCUT2D eigenvalue weighted by Crippen LogP contribution is -2.39. The van der Waals surface area contributed by atoms with Gasteiger partial charge in [-0.3, -0.25) is 4.79 Å². The number of nitrogens with zero attached hydrogens (tertiary/aromatic N) is 2. The summed E-state index contributed by atoms with van der Waals surface area (Å²) < 4.78 is 0. The van der Waals surface area contributed by atoms with Gasteiger partial charge in [-0.2, -0.15) is 0 Å². The predicted octanol–water partition coefficient (Wildman–Crippen LogP) is 5.18. The van der Waals surface area contributed by atoms with Crippen LogP contribution in [0.15, 0.2) is 66.4 Å². The molecule has 0 unspecified atom stereocenters. The van der Waals surface area contributed by atoms with Crippen LogP contribution in [0.5, 0.6) is 0 Å². The van der Waals surface area contributed by atoms with E-state index in [2.05, 4.69) is 44.7 Å². The molecule has 30 heavy (non-hydrogen) atoms. The molecular formula is C25H30N2O3. The monoisotopic (exact) mass is 406 g/mol. The molecule has 2 aromatic rings. The van der Waals surface area contributed by atoms with E-state index in [9.17, 15) is 14.7 Å². The standard InChI is InChI=1S/C25H30N2O3/c1-17(2)26(18(3)4)16-22-15-23(27(24(22)28)25(29)30)14-19-10-12-21(13-11-19)20-8-6-5-7-9-20/h5-13,16-18,23H,14-15H2,1-4H3,(H,29,30)/b22-16+/t23-/m1/s1. The van der Waals surface area contributed by atoms with E-state index in [1.165, 1.54) is 0 Å². The van der Waals surface area contributed by atoms with Gasteiger partial charge >= 0.3 is 6.09 Å². The van der Waals surface area contributed by atoms with Gasteiger partial charge in [-0.15, -0.1) is 0 Å². The lowest BCUT2D eigenvalue weighted by molar-refractivity contribution is -0.124. The van der Waals surface area contributed by atoms with Crippen LogP contribution in [-0.2, 0) is 11.2 Å². The van der Waals surface area contributed by atoms with Crippen molar-refractivity contribution in [2.45, 2.75) is 58.7 Å². The first kappa shape index (κ1) is 21.6. The van der Waals surface area contributed by atoms with Gasteiger partial charge in [0.05, 0.1) is 6.04 Å². The van der Waals surface area contributed by atoms with E-state index in [1.807, 2.05) is 48.7 Å². The van der Waals surface area contributed by atoms with Crippen molar-refractivity contribution in [3.63, 3.8) is 0 Å². The maximum Gasteiger partial charge on any atom is 0.414 e. The van der Waals surface area contributed by atoms with E-state index in [0.29, 0.717) is 18.4 Å². The third-order valence-corrected chi connectivity index (χ3v) is 5.55. The SMILES string of the molecule is CC(C)N(/C=C1\C[C@@H](Cc2ccc(-c3ccccc3)cc2)N(C(=O)O)C1=O)C(C)C. The van der Waals surface area contributed by atoms with Crippen LogP contribution in [0.1, 0.15) is 39.7 Å². The van der Waals surface area contributed by atoms with Gasteiger partial charge in [-0.25, -0.2) is 9.69 Å². The number of carboxylic acid groups (broad SMARTS) is 1. The fraction of sp³-hybridized carbons (Fsp3) is 0.360. The second kappa shape index (κ2) is 9.16. The van der Waals surface area contributed by atoms with Gasteiger partial charge in [-0.05, 0) is 50.8 Å². The van der Waals surface area contributed by atoms with Crippen LogP contribution in [0, 0.1) is 0 Å². The molecule has 1 fully saturated rings. The average Bonchev–Trinajstić information content (AvgIpc) is 3.01. The summed E-state index contributed by atoms with van der Waals surface area (Å²) in [5, 5.41) is 9.66. The molecule has 1 saturated heterocycles. The van der Waals surface area contributed by atoms with Crippen molar-refractivity contribution in [2.24, 2.45) is 0 Å². The number of likely N-dealkylation sites (tertiary alicyclic amines) is 1. The molecule has 0 radical (unpaired) electrons. The van der Waals surface area contributed by atoms with Crippen LogP contribution < -0.4 is 0 Å². The van der Waals surface area contributed by atoms with E-state index in [1.54, 1.807) is 0 Å². The minimum atomic E-state index is -1.19. The van der Waals surface area contributed by atoms with E-state index in [0.717, 1.165) is 21.6 Å². The van der Waals surface area contributed by atoms with Crippen LogP contribution >= 0.6 is 0 Å². The van der Waals surface area contributed by atoms with Crippen molar-refractivity contribution in [1.82, 2.24) is 9.80 Å². The number of carbonyl (C=O) groups is 2. The second-order valence-corrected chi connectivity index (χ2v) is 8.37. The van der Waals surface area contributed by atoms with Gasteiger partial charge in [0.2, 0.25) is 0 Å². The van der Waals surface area contributed by atoms with Crippen LogP contribution in [-0.4, -0.2) is 45.0 Å². The average molecular weight is 407 g/mol. The van der Waals surface area contributed by atoms with Crippen LogP contribution in [0.2, 0.25) is 0 Å². The van der Waals surface area contributed by atoms with Crippen LogP contribution in [0.4, 0.5) is 4.79 Å². The molecule has 158 valence electrons. The Bertz CT molecular complexity index is 909. The maximum atomic E-state index is 12.8. The number of amides is 2. The van der Waals surface area contributed by atoms with Crippen molar-refractivity contribution in [2.75, 3.05) is 0 Å². The third kappa shape index (κ3) is 4.73. The number of hydrogen-bond acceptors (Lipinski definition) is 3. The van der Waals surface area contributed by atoms with Gasteiger partial charge in [-0.1, -0.05) is 54.6 Å². The second-order valence-electron chi connectivity index (χ2n) is 8.37. The van der Waals surface area contributed by atoms with Gasteiger partial charge < -0.3 is 10.0 Å². The third-order valence-electron chi connectivity index (χ3n) is 5.55. The fourth-order valence-corrected chi connectivity index (χ4v) is 4.08. The number of carbonyl (C=O) groups excluding carboxylic acids is 1. The molecule has 0 bridgehead atoms. The Morgan fingerprint density at radius 3 is 2.13 bits per heavy atom. The van der Waals surface area contributed by atoms with Crippen molar-refractivity contribution in [3.05, 3.63) is 71.9 Å². The predicted molar refractivity (Wildman–Crippen MR) is 119 cm³/mol. The Labute approximate surface area is 178 Å². The van der Waals surface area contributed by atoms with Crippen LogP contribution in [0.25, 0.3) is 11.1 Å². The fourth-order valence-electron chi connectivity index (χ4n) is 4.08. The highest BCUT2D eigenvalue weighted by Crippen LogP contribution is 2.29. The van der Waals surface area contributed by atoms with Gasteiger partial charge in [0.1, 0.15) is 0 Å². The van der Waals surface area contributed by atoms with Crippen molar-refractivity contribution >= 4 is 12.0 Å². The van der Waals surface area contributed by atoms with Gasteiger partial charge in [0, 0.05) is 30.3 Å². The number of hydrogen-bond donors (Lipinski definition) is 1. The molecule has 0 spiro atoms. The Morgan fingerprint density at radius 2 is 1.60 bits per heavy atom. The van der Waals surface area contributed by atoms with Crippen molar-refractivity contribution < 1.29 is 14.7 Å². The summed E-state index contributed by atoms with van der Waals surface area (Å²) in [4.78, 5) is 27.7. The number of imide groups is 1. The summed E-state index contributed by atoms with van der Waals surface area (Å²) in [6.45, 7) is 8.27. The Hall–Kier alpha value is -3.08. The maximum absolute atomic E-state index is 12.8. The summed E-state index contributed by atoms with van der Waals surface area (Å²) in [5.74, 6) is -0.403. The molecule has 5 heteroatoms. The molecule has 0 saturated carbocycles. The first-order valence-corrected chi connectivity index (χ1v) is 10.5. The van der Waals surface area contributed by atoms with E-state index >= 15 is 0 Å². The lowest BCUT2D eigenvalue weighted by atomic mass is 9.99. The quantitative estimate of drug-likeness (QED) is 0.672. The zero-order valence-electron chi connectivity index (χ0n) is 18.1. The topological polar surface area (TPSA) is 60.9 Å². The molecule has 1 heterocycles. The molecule has 0 aromatic heterocycles. The minimum absolute atomic E-state index is 0.230. The molecule has 3 rings (SSSR count). The van der Waals surface area contributed by atoms with Crippen LogP contribution in [0.3, 0.4) is 0 Å². The summed E-state index contributed by atoms with van der Waals surface area (Å²) >= 11 is 0. The largest absolute Gasteiger partial charge is 0.465 e. The summed E-state index contributed by atoms with van der Waals surface area (Å²) in [6, 6.07) is 18.3.